The molecule has 1 heteroatoms. The molecule has 0 heterocycles. The van der Waals surface area contributed by atoms with Gasteiger partial charge in [0.1, 0.15) is 0 Å². The monoisotopic (exact) mass is 127 g/mol. The van der Waals surface area contributed by atoms with Gasteiger partial charge in [0, 0.05) is 12.7 Å². The predicted molar refractivity (Wildman–Crippen MR) is 42.3 cm³/mol. The van der Waals surface area contributed by atoms with Gasteiger partial charge in [-0.25, -0.2) is 0 Å². The molecule has 0 aromatic carbocycles. The fourth-order valence-electron chi connectivity index (χ4n) is 0.854. The smallest absolute Gasteiger partial charge is 0.00597 e. The molecule has 0 aromatic heterocycles. The summed E-state index contributed by atoms with van der Waals surface area (Å²) in [7, 11) is 1.93. The first-order valence-electron chi connectivity index (χ1n) is 3.58. The summed E-state index contributed by atoms with van der Waals surface area (Å²) in [4.78, 5) is 0. The van der Waals surface area contributed by atoms with Gasteiger partial charge in [-0.3, -0.25) is 0 Å². The number of allylic oxidation sites excluding steroid dienone is 1. The molecule has 0 aromatic rings. The van der Waals surface area contributed by atoms with E-state index in [9.17, 15) is 0 Å². The van der Waals surface area contributed by atoms with Gasteiger partial charge in [-0.2, -0.15) is 0 Å². The normalized spacial score (nSPS) is 12.8. The lowest BCUT2D eigenvalue weighted by Crippen LogP contribution is -2.11. The Bertz CT molecular complexity index is 86.6. The maximum absolute atomic E-state index is 3.88. The summed E-state index contributed by atoms with van der Waals surface area (Å²) < 4.78 is 0. The summed E-state index contributed by atoms with van der Waals surface area (Å²) in [6.07, 6.45) is 2.47. The second kappa shape index (κ2) is 4.42. The number of hydrogen-bond donors (Lipinski definition) is 1. The van der Waals surface area contributed by atoms with Crippen LogP contribution in [0, 0.1) is 5.92 Å². The zero-order valence-electron chi connectivity index (χ0n) is 6.70. The molecule has 1 atom stereocenters. The first-order chi connectivity index (χ1) is 4.22. The molecule has 1 unspecified atom stereocenters. The van der Waals surface area contributed by atoms with E-state index in [4.69, 9.17) is 0 Å². The molecule has 54 valence electrons. The van der Waals surface area contributed by atoms with Gasteiger partial charge < -0.3 is 5.32 Å². The minimum atomic E-state index is 0.625. The second-order valence-corrected chi connectivity index (χ2v) is 2.46. The molecule has 0 saturated heterocycles. The van der Waals surface area contributed by atoms with Crippen LogP contribution in [0.5, 0.6) is 0 Å². The summed E-state index contributed by atoms with van der Waals surface area (Å²) in [5.41, 5.74) is 1.15. The van der Waals surface area contributed by atoms with Crippen molar-refractivity contribution in [2.45, 2.75) is 26.7 Å². The Morgan fingerprint density at radius 1 is 1.67 bits per heavy atom. The maximum Gasteiger partial charge on any atom is 0.00597 e. The maximum atomic E-state index is 3.88. The van der Waals surface area contributed by atoms with Crippen LogP contribution >= 0.6 is 0 Å². The minimum Gasteiger partial charge on any atom is -0.392 e. The topological polar surface area (TPSA) is 12.0 Å². The summed E-state index contributed by atoms with van der Waals surface area (Å²) in [6.45, 7) is 8.27. The Balaban J connectivity index is 3.45. The molecule has 0 rings (SSSR count). The van der Waals surface area contributed by atoms with Crippen LogP contribution in [0.3, 0.4) is 0 Å². The summed E-state index contributed by atoms with van der Waals surface area (Å²) in [5, 5.41) is 3.06. The number of nitrogens with one attached hydrogen (secondary N) is 1. The van der Waals surface area contributed by atoms with Crippen molar-refractivity contribution in [3.63, 3.8) is 0 Å². The zero-order chi connectivity index (χ0) is 7.28. The average Bonchev–Trinajstić information content (AvgIpc) is 1.87. The van der Waals surface area contributed by atoms with Crippen LogP contribution in [0.2, 0.25) is 0 Å². The Hall–Kier alpha value is -0.460. The van der Waals surface area contributed by atoms with Crippen molar-refractivity contribution in [2.24, 2.45) is 5.92 Å². The van der Waals surface area contributed by atoms with Crippen LogP contribution < -0.4 is 5.32 Å². The zero-order valence-corrected chi connectivity index (χ0v) is 6.70. The van der Waals surface area contributed by atoms with E-state index in [2.05, 4.69) is 25.7 Å². The molecule has 0 aliphatic rings. The van der Waals surface area contributed by atoms with E-state index >= 15 is 0 Å². The molecule has 9 heavy (non-hydrogen) atoms. The van der Waals surface area contributed by atoms with Gasteiger partial charge in [0.2, 0.25) is 0 Å². The molecule has 0 fully saturated rings. The molecule has 0 saturated carbocycles. The Morgan fingerprint density at radius 3 is 2.56 bits per heavy atom. The van der Waals surface area contributed by atoms with Gasteiger partial charge in [0.05, 0.1) is 0 Å². The molecule has 1 N–H and O–H groups in total. The molecular formula is C8H17N. The van der Waals surface area contributed by atoms with Crippen LogP contribution in [0.15, 0.2) is 12.3 Å². The summed E-state index contributed by atoms with van der Waals surface area (Å²) in [5.74, 6) is 0.625. The minimum absolute atomic E-state index is 0.625. The highest BCUT2D eigenvalue weighted by molar-refractivity contribution is 4.94. The van der Waals surface area contributed by atoms with Crippen molar-refractivity contribution in [1.82, 2.24) is 5.32 Å². The van der Waals surface area contributed by atoms with Crippen molar-refractivity contribution in [2.75, 3.05) is 7.05 Å². The van der Waals surface area contributed by atoms with Crippen LogP contribution in [0.1, 0.15) is 26.7 Å². The first kappa shape index (κ1) is 8.54. The van der Waals surface area contributed by atoms with Crippen molar-refractivity contribution >= 4 is 0 Å². The van der Waals surface area contributed by atoms with E-state index < -0.39 is 0 Å². The standard InChI is InChI=1S/C8H17N/c1-5-6-7(2)8(3)9-4/h7,9H,3,5-6H2,1-2,4H3. The van der Waals surface area contributed by atoms with E-state index in [0.29, 0.717) is 5.92 Å². The molecule has 0 amide bonds. The molecule has 0 radical (unpaired) electrons. The Labute approximate surface area is 58.2 Å². The van der Waals surface area contributed by atoms with Gasteiger partial charge in [0.15, 0.2) is 0 Å². The van der Waals surface area contributed by atoms with E-state index in [1.54, 1.807) is 0 Å². The summed E-state index contributed by atoms with van der Waals surface area (Å²) >= 11 is 0. The van der Waals surface area contributed by atoms with Crippen LogP contribution in [0.4, 0.5) is 0 Å². The van der Waals surface area contributed by atoms with Crippen LogP contribution in [-0.4, -0.2) is 7.05 Å². The largest absolute Gasteiger partial charge is 0.392 e. The highest BCUT2D eigenvalue weighted by Gasteiger charge is 2.01. The van der Waals surface area contributed by atoms with Gasteiger partial charge >= 0.3 is 0 Å². The van der Waals surface area contributed by atoms with Crippen molar-refractivity contribution in [3.8, 4) is 0 Å². The lowest BCUT2D eigenvalue weighted by atomic mass is 10.0. The fourth-order valence-corrected chi connectivity index (χ4v) is 0.854. The predicted octanol–water partition coefficient (Wildman–Crippen LogP) is 2.16. The van der Waals surface area contributed by atoms with Gasteiger partial charge in [-0.1, -0.05) is 26.8 Å². The van der Waals surface area contributed by atoms with Crippen molar-refractivity contribution in [3.05, 3.63) is 12.3 Å². The van der Waals surface area contributed by atoms with E-state index in [0.717, 1.165) is 5.70 Å². The van der Waals surface area contributed by atoms with E-state index in [-0.39, 0.29) is 0 Å². The SMILES string of the molecule is C=C(NC)C(C)CCC. The highest BCUT2D eigenvalue weighted by Crippen LogP contribution is 2.10. The molecular weight excluding hydrogens is 110 g/mol. The third-order valence-electron chi connectivity index (χ3n) is 1.64. The summed E-state index contributed by atoms with van der Waals surface area (Å²) in [6, 6.07) is 0. The van der Waals surface area contributed by atoms with E-state index in [1.807, 2.05) is 7.05 Å². The lowest BCUT2D eigenvalue weighted by molar-refractivity contribution is 0.572. The highest BCUT2D eigenvalue weighted by atomic mass is 14.8. The quantitative estimate of drug-likeness (QED) is 0.610. The Kier molecular flexibility index (Phi) is 4.20. The molecule has 1 nitrogen and oxygen atoms in total. The number of rotatable bonds is 4. The van der Waals surface area contributed by atoms with E-state index in [1.165, 1.54) is 12.8 Å². The third-order valence-corrected chi connectivity index (χ3v) is 1.64. The average molecular weight is 127 g/mol. The molecule has 0 aliphatic carbocycles. The molecule has 0 aliphatic heterocycles. The lowest BCUT2D eigenvalue weighted by Gasteiger charge is -2.11. The number of hydrogen-bond acceptors (Lipinski definition) is 1. The third kappa shape index (κ3) is 3.17. The first-order valence-corrected chi connectivity index (χ1v) is 3.58. The molecule has 0 bridgehead atoms. The fraction of sp³-hybridized carbons (Fsp3) is 0.750. The van der Waals surface area contributed by atoms with Crippen LogP contribution in [0.25, 0.3) is 0 Å². The van der Waals surface area contributed by atoms with Gasteiger partial charge in [-0.05, 0) is 12.3 Å². The van der Waals surface area contributed by atoms with Gasteiger partial charge in [-0.15, -0.1) is 0 Å². The Morgan fingerprint density at radius 2 is 2.22 bits per heavy atom. The molecule has 0 spiro atoms. The second-order valence-electron chi connectivity index (χ2n) is 2.46. The van der Waals surface area contributed by atoms with Crippen molar-refractivity contribution in [1.29, 1.82) is 0 Å². The van der Waals surface area contributed by atoms with Crippen molar-refractivity contribution < 1.29 is 0 Å². The van der Waals surface area contributed by atoms with Gasteiger partial charge in [0.25, 0.3) is 0 Å². The van der Waals surface area contributed by atoms with Crippen LogP contribution in [-0.2, 0) is 0 Å².